The third-order valence-electron chi connectivity index (χ3n) is 5.45. The fraction of sp³-hybridized carbons (Fsp3) is 0.667. The summed E-state index contributed by atoms with van der Waals surface area (Å²) in [6.45, 7) is 6.50. The van der Waals surface area contributed by atoms with Gasteiger partial charge in [0, 0.05) is 24.8 Å². The van der Waals surface area contributed by atoms with Crippen LogP contribution in [-0.2, 0) is 14.8 Å². The molecule has 0 radical (unpaired) electrons. The molecule has 0 atom stereocenters. The average molecular weight is 410 g/mol. The monoisotopic (exact) mass is 409 g/mol. The van der Waals surface area contributed by atoms with Crippen molar-refractivity contribution in [1.82, 2.24) is 9.62 Å². The molecular formula is C21H35N3O3S. The second-order valence-corrected chi connectivity index (χ2v) is 9.45. The molecule has 0 spiro atoms. The summed E-state index contributed by atoms with van der Waals surface area (Å²) >= 11 is 0. The summed E-state index contributed by atoms with van der Waals surface area (Å²) in [5, 5.41) is 6.20. The van der Waals surface area contributed by atoms with Crippen LogP contribution < -0.4 is 10.6 Å². The third kappa shape index (κ3) is 6.29. The number of nitrogens with zero attached hydrogens (tertiary/aromatic N) is 1. The maximum Gasteiger partial charge on any atom is 0.243 e. The van der Waals surface area contributed by atoms with Gasteiger partial charge in [-0.25, -0.2) is 8.42 Å². The van der Waals surface area contributed by atoms with Gasteiger partial charge in [0.05, 0.1) is 11.4 Å². The van der Waals surface area contributed by atoms with E-state index in [9.17, 15) is 13.2 Å². The van der Waals surface area contributed by atoms with Gasteiger partial charge in [0.15, 0.2) is 0 Å². The first-order valence-corrected chi connectivity index (χ1v) is 12.0. The molecule has 28 heavy (non-hydrogen) atoms. The zero-order chi connectivity index (χ0) is 20.6. The zero-order valence-electron chi connectivity index (χ0n) is 17.5. The van der Waals surface area contributed by atoms with Gasteiger partial charge in [-0.1, -0.05) is 52.0 Å². The lowest BCUT2D eigenvalue weighted by atomic mass is 9.97. The van der Waals surface area contributed by atoms with Crippen molar-refractivity contribution in [3.05, 3.63) is 23.8 Å². The lowest BCUT2D eigenvalue weighted by Crippen LogP contribution is -2.36. The first-order valence-electron chi connectivity index (χ1n) is 10.5. The summed E-state index contributed by atoms with van der Waals surface area (Å²) in [5.74, 6) is -0.142. The van der Waals surface area contributed by atoms with Gasteiger partial charge in [-0.15, -0.1) is 0 Å². The summed E-state index contributed by atoms with van der Waals surface area (Å²) in [6, 6.07) is 5.46. The minimum atomic E-state index is -3.56. The van der Waals surface area contributed by atoms with Crippen LogP contribution >= 0.6 is 0 Å². The van der Waals surface area contributed by atoms with Gasteiger partial charge in [0.1, 0.15) is 0 Å². The molecule has 0 aliphatic heterocycles. The fourth-order valence-electron chi connectivity index (χ4n) is 3.76. The van der Waals surface area contributed by atoms with Gasteiger partial charge in [-0.05, 0) is 37.5 Å². The lowest BCUT2D eigenvalue weighted by molar-refractivity contribution is -0.115. The molecule has 0 aromatic heterocycles. The Morgan fingerprint density at radius 1 is 1.07 bits per heavy atom. The van der Waals surface area contributed by atoms with Crippen LogP contribution in [0.2, 0.25) is 0 Å². The number of aryl methyl sites for hydroxylation is 1. The van der Waals surface area contributed by atoms with Crippen LogP contribution in [-0.4, -0.2) is 44.3 Å². The van der Waals surface area contributed by atoms with Crippen LogP contribution in [0.1, 0.15) is 64.4 Å². The van der Waals surface area contributed by atoms with E-state index in [0.717, 1.165) is 12.8 Å². The maximum absolute atomic E-state index is 12.8. The van der Waals surface area contributed by atoms with Gasteiger partial charge in [0.25, 0.3) is 0 Å². The Kier molecular flexibility index (Phi) is 8.92. The van der Waals surface area contributed by atoms with Crippen molar-refractivity contribution in [3.8, 4) is 0 Å². The molecule has 6 nitrogen and oxygen atoms in total. The Labute approximate surface area is 170 Å². The molecule has 1 aromatic rings. The number of nitrogens with one attached hydrogen (secondary N) is 2. The number of sulfonamides is 1. The molecule has 1 aromatic carbocycles. The average Bonchev–Trinajstić information content (AvgIpc) is 2.63. The number of carbonyl (C=O) groups is 1. The van der Waals surface area contributed by atoms with E-state index < -0.39 is 10.0 Å². The van der Waals surface area contributed by atoms with Crippen LogP contribution in [0.5, 0.6) is 0 Å². The molecule has 1 fully saturated rings. The van der Waals surface area contributed by atoms with Gasteiger partial charge >= 0.3 is 0 Å². The van der Waals surface area contributed by atoms with Gasteiger partial charge in [-0.3, -0.25) is 4.79 Å². The molecule has 0 bridgehead atoms. The van der Waals surface area contributed by atoms with Crippen molar-refractivity contribution < 1.29 is 13.2 Å². The van der Waals surface area contributed by atoms with Crippen molar-refractivity contribution in [2.45, 2.75) is 76.7 Å². The summed E-state index contributed by atoms with van der Waals surface area (Å²) in [6.07, 6.45) is 8.52. The van der Waals surface area contributed by atoms with E-state index in [1.54, 1.807) is 25.1 Å². The maximum atomic E-state index is 12.8. The van der Waals surface area contributed by atoms with Crippen LogP contribution in [0.4, 0.5) is 5.69 Å². The minimum Gasteiger partial charge on any atom is -0.325 e. The molecule has 1 aliphatic carbocycles. The topological polar surface area (TPSA) is 78.5 Å². The van der Waals surface area contributed by atoms with Crippen molar-refractivity contribution in [2.75, 3.05) is 25.0 Å². The number of amides is 1. The van der Waals surface area contributed by atoms with Crippen LogP contribution in [0.15, 0.2) is 23.1 Å². The number of hydrogen-bond acceptors (Lipinski definition) is 4. The standard InChI is InChI=1S/C21H35N3O3S/c1-4-24(5-2)28(26,27)20-15-19(14-13-17(20)3)23-21(25)16-22-18-11-9-7-6-8-10-12-18/h13-15,18,22H,4-12,16H2,1-3H3,(H,23,25). The lowest BCUT2D eigenvalue weighted by Gasteiger charge is -2.21. The van der Waals surface area contributed by atoms with Gasteiger partial charge in [-0.2, -0.15) is 4.31 Å². The summed E-state index contributed by atoms with van der Waals surface area (Å²) < 4.78 is 27.1. The summed E-state index contributed by atoms with van der Waals surface area (Å²) in [5.41, 5.74) is 1.19. The van der Waals surface area contributed by atoms with Crippen LogP contribution in [0.3, 0.4) is 0 Å². The van der Waals surface area contributed by atoms with E-state index in [4.69, 9.17) is 0 Å². The smallest absolute Gasteiger partial charge is 0.243 e. The summed E-state index contributed by atoms with van der Waals surface area (Å²) in [7, 11) is -3.56. The first kappa shape index (κ1) is 22.8. The molecule has 2 rings (SSSR count). The molecule has 2 N–H and O–H groups in total. The van der Waals surface area contributed by atoms with E-state index in [0.29, 0.717) is 30.4 Å². The predicted molar refractivity (Wildman–Crippen MR) is 114 cm³/mol. The van der Waals surface area contributed by atoms with Crippen molar-refractivity contribution >= 4 is 21.6 Å². The van der Waals surface area contributed by atoms with E-state index >= 15 is 0 Å². The highest BCUT2D eigenvalue weighted by Crippen LogP contribution is 2.23. The van der Waals surface area contributed by atoms with Crippen LogP contribution in [0.25, 0.3) is 0 Å². The Bertz CT molecular complexity index is 737. The Hall–Kier alpha value is -1.44. The molecule has 1 saturated carbocycles. The molecule has 0 saturated heterocycles. The van der Waals surface area contributed by atoms with Crippen molar-refractivity contribution in [3.63, 3.8) is 0 Å². The number of anilines is 1. The third-order valence-corrected chi connectivity index (χ3v) is 7.64. The quantitative estimate of drug-likeness (QED) is 0.687. The number of benzene rings is 1. The Morgan fingerprint density at radius 3 is 2.29 bits per heavy atom. The highest BCUT2D eigenvalue weighted by Gasteiger charge is 2.24. The zero-order valence-corrected chi connectivity index (χ0v) is 18.3. The first-order chi connectivity index (χ1) is 13.4. The Balaban J connectivity index is 2.01. The van der Waals surface area contributed by atoms with Crippen molar-refractivity contribution in [2.24, 2.45) is 0 Å². The van der Waals surface area contributed by atoms with E-state index in [1.807, 2.05) is 13.8 Å². The number of rotatable bonds is 8. The molecule has 0 heterocycles. The minimum absolute atomic E-state index is 0.142. The number of carbonyl (C=O) groups excluding carboxylic acids is 1. The second-order valence-electron chi connectivity index (χ2n) is 7.54. The fourth-order valence-corrected chi connectivity index (χ4v) is 5.47. The molecule has 158 valence electrons. The predicted octanol–water partition coefficient (Wildman–Crippen LogP) is 3.67. The molecule has 1 aliphatic rings. The molecule has 1 amide bonds. The summed E-state index contributed by atoms with van der Waals surface area (Å²) in [4.78, 5) is 12.6. The SMILES string of the molecule is CCN(CC)S(=O)(=O)c1cc(NC(=O)CNC2CCCCCCC2)ccc1C. The Morgan fingerprint density at radius 2 is 1.68 bits per heavy atom. The molecular weight excluding hydrogens is 374 g/mol. The van der Waals surface area contributed by atoms with E-state index in [1.165, 1.54) is 36.4 Å². The highest BCUT2D eigenvalue weighted by molar-refractivity contribution is 7.89. The normalized spacial score (nSPS) is 16.6. The highest BCUT2D eigenvalue weighted by atomic mass is 32.2. The van der Waals surface area contributed by atoms with E-state index in [-0.39, 0.29) is 17.3 Å². The largest absolute Gasteiger partial charge is 0.325 e. The van der Waals surface area contributed by atoms with Gasteiger partial charge in [0.2, 0.25) is 15.9 Å². The van der Waals surface area contributed by atoms with Crippen molar-refractivity contribution in [1.29, 1.82) is 0 Å². The number of hydrogen-bond donors (Lipinski definition) is 2. The molecule has 7 heteroatoms. The van der Waals surface area contributed by atoms with Crippen LogP contribution in [0, 0.1) is 6.92 Å². The van der Waals surface area contributed by atoms with Gasteiger partial charge < -0.3 is 10.6 Å². The van der Waals surface area contributed by atoms with E-state index in [2.05, 4.69) is 10.6 Å². The molecule has 0 unspecified atom stereocenters. The second kappa shape index (κ2) is 10.9.